The van der Waals surface area contributed by atoms with Crippen molar-refractivity contribution in [1.82, 2.24) is 0 Å². The van der Waals surface area contributed by atoms with Crippen molar-refractivity contribution >= 4 is 66.7 Å². The molecule has 8 rings (SSSR count). The Morgan fingerprint density at radius 2 is 0.613 bits per heavy atom. The second-order valence-corrected chi connectivity index (χ2v) is 29.5. The predicted octanol–water partition coefficient (Wildman–Crippen LogP) is 15.5. The molecule has 8 aromatic rings. The van der Waals surface area contributed by atoms with Gasteiger partial charge in [-0.05, 0) is 196 Å². The lowest BCUT2D eigenvalue weighted by atomic mass is 9.78. The van der Waals surface area contributed by atoms with Crippen LogP contribution in [0.25, 0.3) is 0 Å². The maximum absolute atomic E-state index is 13.7. The van der Waals surface area contributed by atoms with Gasteiger partial charge in [0.15, 0.2) is 0 Å². The van der Waals surface area contributed by atoms with E-state index in [9.17, 15) is 46.5 Å². The number of ether oxygens (including phenoxy) is 6. The number of hydrogen-bond acceptors (Lipinski definition) is 18. The van der Waals surface area contributed by atoms with Gasteiger partial charge in [0.05, 0.1) is 54.1 Å². The highest BCUT2D eigenvalue weighted by molar-refractivity contribution is 8.00. The van der Waals surface area contributed by atoms with Crippen LogP contribution in [0.5, 0.6) is 46.0 Å². The average molecular weight is 1330 g/mol. The summed E-state index contributed by atoms with van der Waals surface area (Å²) in [6.45, 7) is 13.5. The number of sulfone groups is 2. The van der Waals surface area contributed by atoms with Crippen LogP contribution in [0.3, 0.4) is 0 Å². The van der Waals surface area contributed by atoms with Gasteiger partial charge < -0.3 is 28.4 Å². The van der Waals surface area contributed by atoms with Crippen LogP contribution in [-0.4, -0.2) is 75.6 Å². The topological polar surface area (TPSA) is 240 Å². The molecular formula is C73H70N2O14S4. The minimum absolute atomic E-state index is 0.0258. The summed E-state index contributed by atoms with van der Waals surface area (Å²) in [4.78, 5) is 48.9. The third-order valence-corrected chi connectivity index (χ3v) is 20.8. The summed E-state index contributed by atoms with van der Waals surface area (Å²) in [6, 6.07) is 58.2. The first-order valence-corrected chi connectivity index (χ1v) is 34.8. The molecule has 0 saturated carbocycles. The number of esters is 2. The summed E-state index contributed by atoms with van der Waals surface area (Å²) >= 11 is 2.62. The van der Waals surface area contributed by atoms with Crippen LogP contribution in [0.1, 0.15) is 77.6 Å². The van der Waals surface area contributed by atoms with E-state index in [0.29, 0.717) is 57.5 Å². The molecule has 0 radical (unpaired) electrons. The molecule has 0 heterocycles. The van der Waals surface area contributed by atoms with Gasteiger partial charge >= 0.3 is 11.9 Å². The smallest absolute Gasteiger partial charge is 0.302 e. The Kier molecular flexibility index (Phi) is 22.9. The molecule has 2 unspecified atom stereocenters. The quantitative estimate of drug-likeness (QED) is 0.0380. The summed E-state index contributed by atoms with van der Waals surface area (Å²) in [5.41, 5.74) is 1.36. The monoisotopic (exact) mass is 1330 g/mol. The van der Waals surface area contributed by atoms with E-state index in [4.69, 9.17) is 28.4 Å². The van der Waals surface area contributed by atoms with Gasteiger partial charge in [-0.2, -0.15) is 34.0 Å². The van der Waals surface area contributed by atoms with Gasteiger partial charge in [0.25, 0.3) is 0 Å². The summed E-state index contributed by atoms with van der Waals surface area (Å²) in [7, 11) is -7.77. The molecule has 20 heteroatoms. The van der Waals surface area contributed by atoms with E-state index in [1.54, 1.807) is 125 Å². The van der Waals surface area contributed by atoms with E-state index < -0.39 is 60.1 Å². The molecule has 0 N–H and O–H groups in total. The lowest BCUT2D eigenvalue weighted by Gasteiger charge is -2.27. The molecule has 480 valence electrons. The van der Waals surface area contributed by atoms with Gasteiger partial charge in [-0.3, -0.25) is 19.2 Å². The van der Waals surface area contributed by atoms with E-state index >= 15 is 0 Å². The fourth-order valence-corrected chi connectivity index (χ4v) is 14.2. The maximum atomic E-state index is 13.7. The minimum Gasteiger partial charge on any atom is -0.460 e. The largest absolute Gasteiger partial charge is 0.460 e. The van der Waals surface area contributed by atoms with Crippen molar-refractivity contribution in [3.63, 3.8) is 0 Å². The first-order valence-electron chi connectivity index (χ1n) is 29.5. The number of ketones is 2. The number of benzene rings is 8. The highest BCUT2D eigenvalue weighted by Crippen LogP contribution is 2.37. The Morgan fingerprint density at radius 1 is 0.387 bits per heavy atom. The highest BCUT2D eigenvalue weighted by atomic mass is 32.2. The molecule has 0 aliphatic heterocycles. The average Bonchev–Trinajstić information content (AvgIpc) is 0.907. The summed E-state index contributed by atoms with van der Waals surface area (Å²) in [5, 5.41) is 19.0. The van der Waals surface area contributed by atoms with E-state index in [1.165, 1.54) is 85.9 Å². The van der Waals surface area contributed by atoms with Gasteiger partial charge in [-0.15, -0.1) is 0 Å². The predicted molar refractivity (Wildman–Crippen MR) is 357 cm³/mol. The van der Waals surface area contributed by atoms with Crippen LogP contribution >= 0.6 is 23.5 Å². The second kappa shape index (κ2) is 30.5. The molecule has 0 aliphatic rings. The molecule has 0 fully saturated rings. The van der Waals surface area contributed by atoms with Crippen LogP contribution < -0.4 is 18.9 Å². The van der Waals surface area contributed by atoms with Gasteiger partial charge in [-0.25, -0.2) is 16.8 Å². The Bertz CT molecular complexity index is 3970. The van der Waals surface area contributed by atoms with Gasteiger partial charge in [0, 0.05) is 43.6 Å². The van der Waals surface area contributed by atoms with E-state index in [1.807, 2.05) is 48.5 Å². The number of nitriles is 2. The third-order valence-electron chi connectivity index (χ3n) is 15.1. The van der Waals surface area contributed by atoms with Gasteiger partial charge in [-0.1, -0.05) is 62.4 Å². The summed E-state index contributed by atoms with van der Waals surface area (Å²) in [5.74, 6) is 3.85. The zero-order valence-electron chi connectivity index (χ0n) is 52.6. The molecular weight excluding hydrogens is 1260 g/mol. The minimum atomic E-state index is -3.89. The number of thioether (sulfide) groups is 2. The number of hydrogen-bond donors (Lipinski definition) is 0. The molecule has 93 heavy (non-hydrogen) atoms. The second-order valence-electron chi connectivity index (χ2n) is 23.6. The zero-order valence-corrected chi connectivity index (χ0v) is 55.9. The van der Waals surface area contributed by atoms with Crippen molar-refractivity contribution in [2.24, 2.45) is 10.8 Å². The normalized spacial score (nSPS) is 12.5. The lowest BCUT2D eigenvalue weighted by molar-refractivity contribution is -0.149. The van der Waals surface area contributed by atoms with Crippen molar-refractivity contribution < 1.29 is 64.4 Å². The van der Waals surface area contributed by atoms with Crippen LogP contribution in [0.4, 0.5) is 0 Å². The molecule has 0 aliphatic carbocycles. The standard InChI is InChI=1S/C73H70N2O14S4/c1-49(76)84-69(71(3,4)47-74)45-90-43-55(78)41-51-9-17-57(18-10-51)86-61-25-33-65(34-26-61)92(80,81)67-37-29-63(30-38-67)88-59-21-13-53(14-22-59)73(7,8)54-15-23-60(24-16-54)89-64-31-39-68(40-32-64)93(82,83)66-35-27-62(28-36-66)87-58-19-11-52(12-20-58)42-56(79)44-91-46-70(85-50(2)77)72(5,6)48-75/h9-40,69-70H,41-46H2,1-8H3. The zero-order chi connectivity index (χ0) is 67.1. The summed E-state index contributed by atoms with van der Waals surface area (Å²) in [6.07, 6.45) is -0.924. The van der Waals surface area contributed by atoms with Crippen molar-refractivity contribution in [1.29, 1.82) is 10.5 Å². The van der Waals surface area contributed by atoms with Crippen LogP contribution in [0, 0.1) is 33.5 Å². The maximum Gasteiger partial charge on any atom is 0.302 e. The Hall–Kier alpha value is -9.18. The number of carbonyl (C=O) groups is 4. The Morgan fingerprint density at radius 3 is 0.839 bits per heavy atom. The van der Waals surface area contributed by atoms with E-state index in [0.717, 1.165) is 22.3 Å². The van der Waals surface area contributed by atoms with E-state index in [-0.39, 0.29) is 55.5 Å². The summed E-state index contributed by atoms with van der Waals surface area (Å²) < 4.78 is 89.5. The van der Waals surface area contributed by atoms with Crippen molar-refractivity contribution in [2.75, 3.05) is 23.0 Å². The van der Waals surface area contributed by atoms with Crippen molar-refractivity contribution in [3.05, 3.63) is 216 Å². The molecule has 8 aromatic carbocycles. The molecule has 0 bridgehead atoms. The first kappa shape index (κ1) is 69.7. The number of nitrogens with zero attached hydrogens (tertiary/aromatic N) is 2. The van der Waals surface area contributed by atoms with Crippen LogP contribution in [0.2, 0.25) is 0 Å². The van der Waals surface area contributed by atoms with Crippen molar-refractivity contribution in [3.8, 4) is 58.1 Å². The molecule has 0 amide bonds. The Balaban J connectivity index is 0.771. The molecule has 2 atom stereocenters. The molecule has 0 saturated heterocycles. The number of rotatable bonds is 30. The van der Waals surface area contributed by atoms with Gasteiger partial charge in [0.1, 0.15) is 69.8 Å². The number of carbonyl (C=O) groups excluding carboxylic acids is 4. The fourth-order valence-electron chi connectivity index (χ4n) is 9.40. The van der Waals surface area contributed by atoms with Gasteiger partial charge in [0.2, 0.25) is 19.7 Å². The van der Waals surface area contributed by atoms with Crippen LogP contribution in [-0.2, 0) is 66.6 Å². The highest BCUT2D eigenvalue weighted by Gasteiger charge is 2.34. The van der Waals surface area contributed by atoms with Crippen molar-refractivity contribution in [2.45, 2.75) is 105 Å². The van der Waals surface area contributed by atoms with Crippen LogP contribution in [0.15, 0.2) is 214 Å². The molecule has 16 nitrogen and oxygen atoms in total. The first-order chi connectivity index (χ1) is 44.1. The SMILES string of the molecule is CC(=O)OC(CSCC(=O)Cc1ccc(Oc2ccc(S(=O)(=O)c3ccc(Oc4ccc(C(C)(C)c5ccc(Oc6ccc(S(=O)(=O)c7ccc(Oc8ccc(CC(=O)CSCC(OC(C)=O)C(C)(C)C#N)cc8)cc7)cc6)cc5)cc4)cc3)cc2)cc1)C(C)(C)C#N. The molecule has 0 spiro atoms. The van der Waals surface area contributed by atoms with E-state index in [2.05, 4.69) is 26.0 Å². The molecule has 0 aromatic heterocycles. The fraction of sp³-hybridized carbons (Fsp3) is 0.260. The number of Topliss-reactive ketones (excluding diaryl/α,β-unsaturated/α-hetero) is 2. The lowest BCUT2D eigenvalue weighted by Crippen LogP contribution is -2.34. The third kappa shape index (κ3) is 19.0. The Labute approximate surface area is 552 Å².